The van der Waals surface area contributed by atoms with Crippen LogP contribution in [0.1, 0.15) is 0 Å². The number of hydrogen-bond donors (Lipinski definition) is 0. The van der Waals surface area contributed by atoms with Crippen molar-refractivity contribution >= 4 is 10.1 Å². The van der Waals surface area contributed by atoms with Crippen LogP contribution in [-0.2, 0) is 24.4 Å². The predicted molar refractivity (Wildman–Crippen MR) is 37.4 cm³/mol. The van der Waals surface area contributed by atoms with Crippen molar-refractivity contribution in [2.45, 2.75) is 0 Å². The molecule has 0 aliphatic carbocycles. The molecule has 0 radical (unpaired) electrons. The minimum atomic E-state index is -3.82. The highest BCUT2D eigenvalue weighted by Gasteiger charge is 2.05. The van der Waals surface area contributed by atoms with Gasteiger partial charge in [0.1, 0.15) is 6.61 Å². The van der Waals surface area contributed by atoms with E-state index in [2.05, 4.69) is 27.4 Å². The molecule has 0 saturated carbocycles. The van der Waals surface area contributed by atoms with Gasteiger partial charge >= 0.3 is 10.1 Å². The molecule has 0 amide bonds. The van der Waals surface area contributed by atoms with Crippen LogP contribution in [0.25, 0.3) is 0 Å². The van der Waals surface area contributed by atoms with E-state index in [-0.39, 0.29) is 6.61 Å². The van der Waals surface area contributed by atoms with Gasteiger partial charge < -0.3 is 0 Å². The molecule has 0 atom stereocenters. The lowest BCUT2D eigenvalue weighted by Crippen LogP contribution is -2.03. The van der Waals surface area contributed by atoms with Crippen molar-refractivity contribution in [3.63, 3.8) is 0 Å². The normalized spacial score (nSPS) is 10.9. The van der Waals surface area contributed by atoms with Gasteiger partial charge in [-0.1, -0.05) is 22.0 Å². The molecule has 0 aromatic heterocycles. The van der Waals surface area contributed by atoms with E-state index in [1.54, 1.807) is 0 Å². The van der Waals surface area contributed by atoms with E-state index >= 15 is 0 Å². The van der Waals surface area contributed by atoms with Gasteiger partial charge in [0, 0.05) is 0 Å². The van der Waals surface area contributed by atoms with E-state index in [1.165, 1.54) is 6.08 Å². The van der Waals surface area contributed by atoms with Crippen molar-refractivity contribution in [1.82, 2.24) is 0 Å². The first kappa shape index (κ1) is 10.3. The quantitative estimate of drug-likeness (QED) is 0.258. The summed E-state index contributed by atoms with van der Waals surface area (Å²) >= 11 is 0. The zero-order valence-electron chi connectivity index (χ0n) is 5.73. The van der Waals surface area contributed by atoms with Gasteiger partial charge in [0.05, 0.1) is 5.41 Å². The smallest absolute Gasteiger partial charge is 0.201 e. The summed E-state index contributed by atoms with van der Waals surface area (Å²) in [7, 11) is -3.82. The molecule has 0 heterocycles. The Bertz CT molecular complexity index is 217. The summed E-state index contributed by atoms with van der Waals surface area (Å²) in [5.74, 6) is 0. The standard InChI is InChI=1S/C5H8O5S/c1-3-5-8-9-10-11(6,7)4-2/h3-4H,1-2,5H2. The van der Waals surface area contributed by atoms with Crippen LogP contribution < -0.4 is 0 Å². The van der Waals surface area contributed by atoms with Crippen molar-refractivity contribution in [2.24, 2.45) is 0 Å². The summed E-state index contributed by atoms with van der Waals surface area (Å²) in [6.45, 7) is 6.28. The molecule has 0 rings (SSSR count). The molecule has 0 aliphatic heterocycles. The topological polar surface area (TPSA) is 61.8 Å². The molecule has 5 nitrogen and oxygen atoms in total. The molecule has 0 aromatic rings. The lowest BCUT2D eigenvalue weighted by Gasteiger charge is -1.96. The summed E-state index contributed by atoms with van der Waals surface area (Å²) in [5.41, 5.74) is 0. The van der Waals surface area contributed by atoms with Crippen LogP contribution in [0.4, 0.5) is 0 Å². The van der Waals surface area contributed by atoms with E-state index in [4.69, 9.17) is 0 Å². The summed E-state index contributed by atoms with van der Waals surface area (Å²) in [4.78, 5) is 4.15. The van der Waals surface area contributed by atoms with Crippen LogP contribution >= 0.6 is 0 Å². The maximum Gasteiger partial charge on any atom is 0.317 e. The molecule has 0 N–H and O–H groups in total. The zero-order chi connectivity index (χ0) is 8.74. The lowest BCUT2D eigenvalue weighted by molar-refractivity contribution is -0.459. The Morgan fingerprint density at radius 3 is 2.45 bits per heavy atom. The molecule has 6 heteroatoms. The first-order valence-corrected chi connectivity index (χ1v) is 4.05. The average molecular weight is 180 g/mol. The van der Waals surface area contributed by atoms with Gasteiger partial charge in [0.15, 0.2) is 0 Å². The Morgan fingerprint density at radius 2 is 2.00 bits per heavy atom. The molecule has 0 fully saturated rings. The second-order valence-electron chi connectivity index (χ2n) is 1.37. The molecular weight excluding hydrogens is 172 g/mol. The first-order chi connectivity index (χ1) is 5.12. The van der Waals surface area contributed by atoms with Gasteiger partial charge in [-0.25, -0.2) is 4.89 Å². The largest absolute Gasteiger partial charge is 0.317 e. The number of hydrogen-bond acceptors (Lipinski definition) is 5. The van der Waals surface area contributed by atoms with Crippen LogP contribution in [0.3, 0.4) is 0 Å². The summed E-state index contributed by atoms with van der Waals surface area (Å²) in [6.07, 6.45) is 1.36. The molecule has 0 saturated heterocycles. The van der Waals surface area contributed by atoms with Gasteiger partial charge in [0.2, 0.25) is 0 Å². The van der Waals surface area contributed by atoms with Crippen molar-refractivity contribution in [2.75, 3.05) is 6.61 Å². The zero-order valence-corrected chi connectivity index (χ0v) is 6.54. The third kappa shape index (κ3) is 5.74. The highest BCUT2D eigenvalue weighted by Crippen LogP contribution is 1.94. The molecule has 0 aliphatic rings. The summed E-state index contributed by atoms with van der Waals surface area (Å²) < 4.78 is 24.5. The van der Waals surface area contributed by atoms with Crippen molar-refractivity contribution in [1.29, 1.82) is 0 Å². The molecule has 0 bridgehead atoms. The van der Waals surface area contributed by atoms with Crippen molar-refractivity contribution in [3.05, 3.63) is 24.6 Å². The summed E-state index contributed by atoms with van der Waals surface area (Å²) in [5, 5.41) is 4.39. The minimum absolute atomic E-state index is 0.0344. The van der Waals surface area contributed by atoms with Crippen LogP contribution in [0.15, 0.2) is 24.6 Å². The molecule has 0 aromatic carbocycles. The SMILES string of the molecule is C=CCOOOS(=O)(=O)C=C. The molecular formula is C5H8O5S. The average Bonchev–Trinajstić information content (AvgIpc) is 1.99. The predicted octanol–water partition coefficient (Wildman–Crippen LogP) is 0.526. The maximum absolute atomic E-state index is 10.4. The van der Waals surface area contributed by atoms with Gasteiger partial charge in [-0.05, 0) is 0 Å². The van der Waals surface area contributed by atoms with Crippen LogP contribution in [0.2, 0.25) is 0 Å². The van der Waals surface area contributed by atoms with Gasteiger partial charge in [-0.3, -0.25) is 0 Å². The lowest BCUT2D eigenvalue weighted by atomic mass is 10.7. The second kappa shape index (κ2) is 5.03. The van der Waals surface area contributed by atoms with E-state index in [0.29, 0.717) is 5.41 Å². The molecule has 0 spiro atoms. The first-order valence-electron chi connectivity index (χ1n) is 2.58. The Kier molecular flexibility index (Phi) is 4.71. The van der Waals surface area contributed by atoms with Crippen LogP contribution in [0.5, 0.6) is 0 Å². The highest BCUT2D eigenvalue weighted by atomic mass is 32.2. The molecule has 11 heavy (non-hydrogen) atoms. The third-order valence-corrected chi connectivity index (χ3v) is 1.21. The highest BCUT2D eigenvalue weighted by molar-refractivity contribution is 7.89. The Hall–Kier alpha value is -0.690. The van der Waals surface area contributed by atoms with Crippen molar-refractivity contribution < 1.29 is 22.7 Å². The van der Waals surface area contributed by atoms with Crippen molar-refractivity contribution in [3.8, 4) is 0 Å². The third-order valence-electron chi connectivity index (χ3n) is 0.561. The van der Waals surface area contributed by atoms with Crippen LogP contribution in [-0.4, -0.2) is 15.0 Å². The monoisotopic (exact) mass is 180 g/mol. The van der Waals surface area contributed by atoms with Gasteiger partial charge in [-0.2, -0.15) is 8.42 Å². The molecule has 64 valence electrons. The summed E-state index contributed by atoms with van der Waals surface area (Å²) in [6, 6.07) is 0. The minimum Gasteiger partial charge on any atom is -0.201 e. The second-order valence-corrected chi connectivity index (χ2v) is 2.82. The fourth-order valence-electron chi connectivity index (χ4n) is 0.162. The Balaban J connectivity index is 3.54. The maximum atomic E-state index is 10.4. The van der Waals surface area contributed by atoms with Crippen LogP contribution in [0, 0.1) is 0 Å². The Morgan fingerprint density at radius 1 is 1.36 bits per heavy atom. The Labute approximate surface area is 64.9 Å². The fraction of sp³-hybridized carbons (Fsp3) is 0.200. The van der Waals surface area contributed by atoms with E-state index in [0.717, 1.165) is 0 Å². The molecule has 0 unspecified atom stereocenters. The van der Waals surface area contributed by atoms with E-state index in [1.807, 2.05) is 0 Å². The van der Waals surface area contributed by atoms with Gasteiger partial charge in [0.25, 0.3) is 0 Å². The van der Waals surface area contributed by atoms with E-state index < -0.39 is 10.1 Å². The number of rotatable bonds is 6. The fourth-order valence-corrected chi connectivity index (χ4v) is 0.334. The van der Waals surface area contributed by atoms with E-state index in [9.17, 15) is 8.42 Å². The van der Waals surface area contributed by atoms with Gasteiger partial charge in [-0.15, -0.1) is 6.58 Å².